The van der Waals surface area contributed by atoms with E-state index in [2.05, 4.69) is 33.6 Å². The molecule has 0 amide bonds. The van der Waals surface area contributed by atoms with E-state index in [0.29, 0.717) is 6.61 Å². The highest BCUT2D eigenvalue weighted by Gasteiger charge is 2.23. The summed E-state index contributed by atoms with van der Waals surface area (Å²) in [6.07, 6.45) is 2.64. The second kappa shape index (κ2) is 5.77. The van der Waals surface area contributed by atoms with E-state index in [4.69, 9.17) is 4.74 Å². The number of nitrogens with one attached hydrogen (secondary N) is 2. The Balaban J connectivity index is 1.72. The van der Waals surface area contributed by atoms with E-state index < -0.39 is 0 Å². The number of anilines is 2. The zero-order chi connectivity index (χ0) is 13.8. The van der Waals surface area contributed by atoms with Crippen LogP contribution in [0.5, 0.6) is 5.75 Å². The van der Waals surface area contributed by atoms with E-state index in [9.17, 15) is 0 Å². The molecule has 1 aliphatic rings. The maximum absolute atomic E-state index is 5.66. The molecule has 0 fully saturated rings. The van der Waals surface area contributed by atoms with Crippen LogP contribution in [0.2, 0.25) is 0 Å². The molecular weight excluding hydrogens is 252 g/mol. The monoisotopic (exact) mass is 270 g/mol. The summed E-state index contributed by atoms with van der Waals surface area (Å²) in [5.41, 5.74) is 1.18. The van der Waals surface area contributed by atoms with Crippen molar-refractivity contribution in [1.82, 2.24) is 9.97 Å². The lowest BCUT2D eigenvalue weighted by molar-refractivity contribution is 0.339. The van der Waals surface area contributed by atoms with Crippen LogP contribution in [0.1, 0.15) is 24.9 Å². The lowest BCUT2D eigenvalue weighted by Gasteiger charge is -2.13. The number of fused-ring (bicyclic) bond motifs is 1. The Labute approximate surface area is 118 Å². The van der Waals surface area contributed by atoms with Crippen LogP contribution in [0.25, 0.3) is 0 Å². The van der Waals surface area contributed by atoms with Crippen molar-refractivity contribution in [3.8, 4) is 5.75 Å². The molecular formula is C15H18N4O. The fraction of sp³-hybridized carbons (Fsp3) is 0.333. The Bertz CT molecular complexity index is 588. The van der Waals surface area contributed by atoms with Gasteiger partial charge in [0, 0.05) is 18.2 Å². The van der Waals surface area contributed by atoms with Crippen LogP contribution < -0.4 is 15.4 Å². The minimum atomic E-state index is 0.139. The zero-order valence-electron chi connectivity index (χ0n) is 11.5. The molecule has 2 aromatic rings. The van der Waals surface area contributed by atoms with Crippen molar-refractivity contribution in [2.45, 2.75) is 19.4 Å². The van der Waals surface area contributed by atoms with Gasteiger partial charge in [-0.05, 0) is 12.5 Å². The summed E-state index contributed by atoms with van der Waals surface area (Å²) < 4.78 is 5.66. The normalized spacial score (nSPS) is 16.4. The van der Waals surface area contributed by atoms with E-state index in [0.717, 1.165) is 30.4 Å². The van der Waals surface area contributed by atoms with Gasteiger partial charge in [-0.3, -0.25) is 0 Å². The van der Waals surface area contributed by atoms with Crippen LogP contribution in [0.4, 0.5) is 11.6 Å². The molecule has 5 heteroatoms. The van der Waals surface area contributed by atoms with Crippen LogP contribution in [-0.2, 0) is 0 Å². The molecule has 0 radical (unpaired) electrons. The van der Waals surface area contributed by atoms with Gasteiger partial charge >= 0.3 is 0 Å². The van der Waals surface area contributed by atoms with Crippen LogP contribution in [0.15, 0.2) is 36.7 Å². The van der Waals surface area contributed by atoms with Gasteiger partial charge in [0.25, 0.3) is 0 Å². The van der Waals surface area contributed by atoms with E-state index >= 15 is 0 Å². The first-order valence-electron chi connectivity index (χ1n) is 6.91. The molecule has 0 saturated carbocycles. The first kappa shape index (κ1) is 12.7. The van der Waals surface area contributed by atoms with Gasteiger partial charge in [0.1, 0.15) is 30.3 Å². The summed E-state index contributed by atoms with van der Waals surface area (Å²) in [4.78, 5) is 8.47. The minimum absolute atomic E-state index is 0.139. The second-order valence-electron chi connectivity index (χ2n) is 4.76. The predicted octanol–water partition coefficient (Wildman–Crippen LogP) is 2.84. The van der Waals surface area contributed by atoms with Crippen molar-refractivity contribution in [3.63, 3.8) is 0 Å². The van der Waals surface area contributed by atoms with Crippen molar-refractivity contribution in [2.24, 2.45) is 0 Å². The number of aromatic nitrogens is 2. The predicted molar refractivity (Wildman–Crippen MR) is 79.1 cm³/mol. The fourth-order valence-electron chi connectivity index (χ4n) is 2.25. The molecule has 2 N–H and O–H groups in total. The Morgan fingerprint density at radius 1 is 1.25 bits per heavy atom. The molecule has 20 heavy (non-hydrogen) atoms. The lowest BCUT2D eigenvalue weighted by atomic mass is 10.1. The van der Waals surface area contributed by atoms with Crippen molar-refractivity contribution < 1.29 is 4.74 Å². The summed E-state index contributed by atoms with van der Waals surface area (Å²) >= 11 is 0. The highest BCUT2D eigenvalue weighted by Crippen LogP contribution is 2.33. The molecule has 2 heterocycles. The topological polar surface area (TPSA) is 59.1 Å². The lowest BCUT2D eigenvalue weighted by Crippen LogP contribution is -2.13. The highest BCUT2D eigenvalue weighted by atomic mass is 16.5. The SMILES string of the molecule is CCCNc1cc(NC2COc3ccccc32)ncn1. The maximum atomic E-state index is 5.66. The van der Waals surface area contributed by atoms with Crippen molar-refractivity contribution in [1.29, 1.82) is 0 Å². The van der Waals surface area contributed by atoms with Gasteiger partial charge in [0.15, 0.2) is 0 Å². The summed E-state index contributed by atoms with van der Waals surface area (Å²) in [5.74, 6) is 2.60. The first-order chi connectivity index (χ1) is 9.86. The van der Waals surface area contributed by atoms with Gasteiger partial charge in [0.2, 0.25) is 0 Å². The number of benzene rings is 1. The number of ether oxygens (including phenoxy) is 1. The van der Waals surface area contributed by atoms with E-state index in [-0.39, 0.29) is 6.04 Å². The molecule has 0 spiro atoms. The van der Waals surface area contributed by atoms with Crippen LogP contribution >= 0.6 is 0 Å². The number of nitrogens with zero attached hydrogens (tertiary/aromatic N) is 2. The Hall–Kier alpha value is -2.30. The highest BCUT2D eigenvalue weighted by molar-refractivity contribution is 5.50. The number of hydrogen-bond acceptors (Lipinski definition) is 5. The van der Waals surface area contributed by atoms with Crippen LogP contribution in [0.3, 0.4) is 0 Å². The second-order valence-corrected chi connectivity index (χ2v) is 4.76. The Morgan fingerprint density at radius 3 is 3.00 bits per heavy atom. The van der Waals surface area contributed by atoms with Crippen molar-refractivity contribution in [3.05, 3.63) is 42.2 Å². The average Bonchev–Trinajstić information content (AvgIpc) is 2.89. The fourth-order valence-corrected chi connectivity index (χ4v) is 2.25. The van der Waals surface area contributed by atoms with Crippen LogP contribution in [-0.4, -0.2) is 23.1 Å². The smallest absolute Gasteiger partial charge is 0.132 e. The largest absolute Gasteiger partial charge is 0.491 e. The third-order valence-electron chi connectivity index (χ3n) is 3.25. The summed E-state index contributed by atoms with van der Waals surface area (Å²) in [7, 11) is 0. The molecule has 1 aromatic carbocycles. The van der Waals surface area contributed by atoms with Crippen molar-refractivity contribution >= 4 is 11.6 Å². The minimum Gasteiger partial charge on any atom is -0.491 e. The quantitative estimate of drug-likeness (QED) is 0.875. The number of para-hydroxylation sites is 1. The van der Waals surface area contributed by atoms with E-state index in [1.807, 2.05) is 24.3 Å². The summed E-state index contributed by atoms with van der Waals surface area (Å²) in [6.45, 7) is 3.66. The first-order valence-corrected chi connectivity index (χ1v) is 6.91. The van der Waals surface area contributed by atoms with Crippen LogP contribution in [0, 0.1) is 0 Å². The Morgan fingerprint density at radius 2 is 2.10 bits per heavy atom. The average molecular weight is 270 g/mol. The van der Waals surface area contributed by atoms with Gasteiger partial charge < -0.3 is 15.4 Å². The van der Waals surface area contributed by atoms with Gasteiger partial charge in [-0.2, -0.15) is 0 Å². The molecule has 0 bridgehead atoms. The molecule has 0 aliphatic carbocycles. The Kier molecular flexibility index (Phi) is 3.67. The molecule has 1 aliphatic heterocycles. The van der Waals surface area contributed by atoms with Crippen molar-refractivity contribution in [2.75, 3.05) is 23.8 Å². The van der Waals surface area contributed by atoms with Gasteiger partial charge in [-0.15, -0.1) is 0 Å². The van der Waals surface area contributed by atoms with Gasteiger partial charge in [-0.25, -0.2) is 9.97 Å². The third kappa shape index (κ3) is 2.66. The number of hydrogen-bond donors (Lipinski definition) is 2. The van der Waals surface area contributed by atoms with E-state index in [1.54, 1.807) is 6.33 Å². The summed E-state index contributed by atoms with van der Waals surface area (Å²) in [6, 6.07) is 10.1. The third-order valence-corrected chi connectivity index (χ3v) is 3.25. The molecule has 1 unspecified atom stereocenters. The molecule has 5 nitrogen and oxygen atoms in total. The summed E-state index contributed by atoms with van der Waals surface area (Å²) in [5, 5.41) is 6.65. The standard InChI is InChI=1S/C15H18N4O/c1-2-7-16-14-8-15(18-10-17-14)19-12-9-20-13-6-4-3-5-11(12)13/h3-6,8,10,12H,2,7,9H2,1H3,(H2,16,17,18,19). The molecule has 1 aromatic heterocycles. The van der Waals surface area contributed by atoms with E-state index in [1.165, 1.54) is 5.56 Å². The molecule has 1 atom stereocenters. The molecule has 0 saturated heterocycles. The maximum Gasteiger partial charge on any atom is 0.132 e. The molecule has 3 rings (SSSR count). The van der Waals surface area contributed by atoms with Gasteiger partial charge in [0.05, 0.1) is 6.04 Å². The molecule has 104 valence electrons. The zero-order valence-corrected chi connectivity index (χ0v) is 11.5. The van der Waals surface area contributed by atoms with Gasteiger partial charge in [-0.1, -0.05) is 25.1 Å². The number of rotatable bonds is 5.